The second-order valence-electron chi connectivity index (χ2n) is 7.01. The fourth-order valence-electron chi connectivity index (χ4n) is 2.98. The Labute approximate surface area is 166 Å². The van der Waals surface area contributed by atoms with Gasteiger partial charge in [-0.2, -0.15) is 16.8 Å². The molecule has 0 aliphatic heterocycles. The highest BCUT2D eigenvalue weighted by Gasteiger charge is 2.28. The molecule has 0 rings (SSSR count). The molecule has 0 fully saturated rings. The van der Waals surface area contributed by atoms with Crippen molar-refractivity contribution in [3.05, 3.63) is 0 Å². The van der Waals surface area contributed by atoms with E-state index in [4.69, 9.17) is 0 Å². The molecule has 0 heterocycles. The Morgan fingerprint density at radius 2 is 1.30 bits per heavy atom. The van der Waals surface area contributed by atoms with Crippen LogP contribution in [0.3, 0.4) is 0 Å². The van der Waals surface area contributed by atoms with Crippen LogP contribution < -0.4 is 0 Å². The summed E-state index contributed by atoms with van der Waals surface area (Å²) in [5.74, 6) is -0.345. The minimum atomic E-state index is -3.76. The summed E-state index contributed by atoms with van der Waals surface area (Å²) in [6.07, 6.45) is 9.44. The van der Waals surface area contributed by atoms with Crippen molar-refractivity contribution in [2.24, 2.45) is 0 Å². The third-order valence-electron chi connectivity index (χ3n) is 4.76. The second kappa shape index (κ2) is 14.7. The van der Waals surface area contributed by atoms with Gasteiger partial charge in [0.2, 0.25) is 0 Å². The Kier molecular flexibility index (Phi) is 14.6. The van der Waals surface area contributed by atoms with Gasteiger partial charge in [0, 0.05) is 0 Å². The minimum Gasteiger partial charge on any atom is -0.393 e. The van der Waals surface area contributed by atoms with E-state index >= 15 is 0 Å². The molecule has 0 bridgehead atoms. The highest BCUT2D eigenvalue weighted by Crippen LogP contribution is 2.20. The normalized spacial score (nSPS) is 15.0. The zero-order chi connectivity index (χ0) is 20.8. The van der Waals surface area contributed by atoms with Crippen molar-refractivity contribution in [3.8, 4) is 0 Å². The van der Waals surface area contributed by atoms with Gasteiger partial charge in [-0.3, -0.25) is 8.37 Å². The monoisotopic (exact) mass is 430 g/mol. The van der Waals surface area contributed by atoms with Crippen molar-refractivity contribution in [2.75, 3.05) is 20.0 Å². The van der Waals surface area contributed by atoms with E-state index < -0.39 is 31.6 Å². The average Bonchev–Trinajstić information content (AvgIpc) is 2.64. The van der Waals surface area contributed by atoms with E-state index in [1.54, 1.807) is 0 Å². The molecule has 0 aliphatic rings. The van der Waals surface area contributed by atoms with E-state index in [0.29, 0.717) is 6.42 Å². The molecule has 27 heavy (non-hydrogen) atoms. The third-order valence-corrected chi connectivity index (χ3v) is 7.71. The smallest absolute Gasteiger partial charge is 0.270 e. The Balaban J connectivity index is 4.27. The van der Waals surface area contributed by atoms with Gasteiger partial charge in [0.1, 0.15) is 0 Å². The fraction of sp³-hybridized carbons (Fsp3) is 1.00. The van der Waals surface area contributed by atoms with Crippen molar-refractivity contribution < 1.29 is 30.3 Å². The van der Waals surface area contributed by atoms with Crippen molar-refractivity contribution >= 4 is 20.2 Å². The zero-order valence-electron chi connectivity index (χ0n) is 17.1. The number of aliphatic hydroxyl groups is 1. The predicted octanol–water partition coefficient (Wildman–Crippen LogP) is 3.37. The lowest BCUT2D eigenvalue weighted by Crippen LogP contribution is -2.28. The molecule has 2 atom stereocenters. The molecule has 0 aromatic carbocycles. The van der Waals surface area contributed by atoms with Crippen LogP contribution in [0, 0.1) is 0 Å². The molecule has 1 N–H and O–H groups in total. The lowest BCUT2D eigenvalue weighted by molar-refractivity contribution is 0.155. The Morgan fingerprint density at radius 1 is 0.778 bits per heavy atom. The summed E-state index contributed by atoms with van der Waals surface area (Å²) in [5.41, 5.74) is 0. The SMILES string of the molecule is CCCCCCCCCCCC(CC(O)CCS(=O)(=O)OC)S(=O)(=O)OC. The number of hydrogen-bond donors (Lipinski definition) is 1. The van der Waals surface area contributed by atoms with Crippen LogP contribution in [0.2, 0.25) is 0 Å². The predicted molar refractivity (Wildman–Crippen MR) is 108 cm³/mol. The molecule has 0 saturated carbocycles. The molecule has 0 saturated heterocycles. The summed E-state index contributed by atoms with van der Waals surface area (Å²) in [5, 5.41) is 9.21. The fourth-order valence-corrected chi connectivity index (χ4v) is 4.90. The van der Waals surface area contributed by atoms with Gasteiger partial charge in [-0.25, -0.2) is 0 Å². The van der Waals surface area contributed by atoms with Gasteiger partial charge in [-0.15, -0.1) is 0 Å². The van der Waals surface area contributed by atoms with Gasteiger partial charge in [0.15, 0.2) is 0 Å². The molecule has 164 valence electrons. The topological polar surface area (TPSA) is 107 Å². The van der Waals surface area contributed by atoms with Crippen LogP contribution in [-0.4, -0.2) is 53.3 Å². The number of aliphatic hydroxyl groups excluding tert-OH is 1. The molecule has 0 aromatic heterocycles. The molecule has 0 aliphatic carbocycles. The van der Waals surface area contributed by atoms with E-state index in [-0.39, 0.29) is 18.6 Å². The van der Waals surface area contributed by atoms with Crippen LogP contribution in [0.1, 0.15) is 84.0 Å². The van der Waals surface area contributed by atoms with Crippen LogP contribution in [0.4, 0.5) is 0 Å². The molecule has 0 aromatic rings. The molecule has 0 radical (unpaired) electrons. The molecule has 7 nitrogen and oxygen atoms in total. The summed E-state index contributed by atoms with van der Waals surface area (Å²) < 4.78 is 55.8. The van der Waals surface area contributed by atoms with Crippen molar-refractivity contribution in [2.45, 2.75) is 95.3 Å². The van der Waals surface area contributed by atoms with Gasteiger partial charge >= 0.3 is 0 Å². The third kappa shape index (κ3) is 13.6. The van der Waals surface area contributed by atoms with Crippen LogP contribution in [0.25, 0.3) is 0 Å². The molecular formula is C18H38O7S2. The van der Waals surface area contributed by atoms with Gasteiger partial charge in [0.05, 0.1) is 31.3 Å². The van der Waals surface area contributed by atoms with Crippen LogP contribution >= 0.6 is 0 Å². The summed E-state index contributed by atoms with van der Waals surface area (Å²) >= 11 is 0. The van der Waals surface area contributed by atoms with E-state index in [0.717, 1.165) is 39.9 Å². The van der Waals surface area contributed by atoms with Gasteiger partial charge in [-0.1, -0.05) is 64.7 Å². The van der Waals surface area contributed by atoms with Crippen LogP contribution in [0.5, 0.6) is 0 Å². The lowest BCUT2D eigenvalue weighted by atomic mass is 10.0. The Morgan fingerprint density at radius 3 is 1.78 bits per heavy atom. The van der Waals surface area contributed by atoms with E-state index in [1.165, 1.54) is 32.1 Å². The van der Waals surface area contributed by atoms with Crippen LogP contribution in [0.15, 0.2) is 0 Å². The first-order valence-electron chi connectivity index (χ1n) is 9.94. The second-order valence-corrected chi connectivity index (χ2v) is 10.8. The van der Waals surface area contributed by atoms with E-state index in [2.05, 4.69) is 15.3 Å². The Bertz CT molecular complexity index is 558. The molecule has 2 unspecified atom stereocenters. The van der Waals surface area contributed by atoms with Crippen molar-refractivity contribution in [3.63, 3.8) is 0 Å². The van der Waals surface area contributed by atoms with Gasteiger partial charge < -0.3 is 5.11 Å². The van der Waals surface area contributed by atoms with E-state index in [1.807, 2.05) is 0 Å². The number of unbranched alkanes of at least 4 members (excludes halogenated alkanes) is 8. The van der Waals surface area contributed by atoms with E-state index in [9.17, 15) is 21.9 Å². The largest absolute Gasteiger partial charge is 0.393 e. The molecular weight excluding hydrogens is 392 g/mol. The lowest BCUT2D eigenvalue weighted by Gasteiger charge is -2.19. The summed E-state index contributed by atoms with van der Waals surface area (Å²) in [6, 6.07) is 0. The summed E-state index contributed by atoms with van der Waals surface area (Å²) in [7, 11) is -5.26. The summed E-state index contributed by atoms with van der Waals surface area (Å²) in [6.45, 7) is 2.19. The average molecular weight is 431 g/mol. The Hall–Kier alpha value is -0.220. The highest BCUT2D eigenvalue weighted by molar-refractivity contribution is 7.87. The molecule has 0 amide bonds. The first kappa shape index (κ1) is 26.8. The molecule has 9 heteroatoms. The maximum absolute atomic E-state index is 12.1. The number of hydrogen-bond acceptors (Lipinski definition) is 7. The van der Waals surface area contributed by atoms with Crippen molar-refractivity contribution in [1.82, 2.24) is 0 Å². The minimum absolute atomic E-state index is 0.0353. The maximum Gasteiger partial charge on any atom is 0.270 e. The molecule has 0 spiro atoms. The first-order chi connectivity index (χ1) is 12.7. The van der Waals surface area contributed by atoms with Gasteiger partial charge in [-0.05, 0) is 19.3 Å². The van der Waals surface area contributed by atoms with Crippen molar-refractivity contribution in [1.29, 1.82) is 0 Å². The zero-order valence-corrected chi connectivity index (χ0v) is 18.7. The van der Waals surface area contributed by atoms with Crippen LogP contribution in [-0.2, 0) is 28.6 Å². The maximum atomic E-state index is 12.1. The summed E-state index contributed by atoms with van der Waals surface area (Å²) in [4.78, 5) is 0. The van der Waals surface area contributed by atoms with Gasteiger partial charge in [0.25, 0.3) is 20.2 Å². The quantitative estimate of drug-likeness (QED) is 0.262. The standard InChI is InChI=1S/C18H38O7S2/c1-4-5-6-7-8-9-10-11-12-13-18(27(22,23)25-3)16-17(19)14-15-26(20,21)24-2/h17-19H,4-16H2,1-3H3. The number of rotatable bonds is 18. The first-order valence-corrected chi connectivity index (χ1v) is 13.0. The highest BCUT2D eigenvalue weighted by atomic mass is 32.2.